The average molecular weight is 375 g/mol. The van der Waals surface area contributed by atoms with Crippen molar-refractivity contribution in [2.24, 2.45) is 0 Å². The van der Waals surface area contributed by atoms with Crippen molar-refractivity contribution in [3.63, 3.8) is 0 Å². The summed E-state index contributed by atoms with van der Waals surface area (Å²) in [5, 5.41) is 6.37. The highest BCUT2D eigenvalue weighted by Gasteiger charge is 2.29. The molecule has 1 aromatic heterocycles. The Kier molecular flexibility index (Phi) is 6.32. The normalized spacial score (nSPS) is 16.2. The lowest BCUT2D eigenvalue weighted by Gasteiger charge is -2.40. The van der Waals surface area contributed by atoms with Crippen LogP contribution in [-0.2, 0) is 0 Å². The molecule has 1 aliphatic rings. The predicted molar refractivity (Wildman–Crippen MR) is 111 cm³/mol. The van der Waals surface area contributed by atoms with Crippen LogP contribution in [0.1, 0.15) is 49.9 Å². The van der Waals surface area contributed by atoms with Crippen LogP contribution in [0.3, 0.4) is 0 Å². The van der Waals surface area contributed by atoms with Gasteiger partial charge in [-0.3, -0.25) is 0 Å². The van der Waals surface area contributed by atoms with E-state index in [-0.39, 0.29) is 6.04 Å². The van der Waals surface area contributed by atoms with Gasteiger partial charge in [-0.25, -0.2) is 0 Å². The number of nitrogens with zero attached hydrogens (tertiary/aromatic N) is 1. The smallest absolute Gasteiger partial charge is 0.174 e. The van der Waals surface area contributed by atoms with Crippen molar-refractivity contribution >= 4 is 34.4 Å². The summed E-state index contributed by atoms with van der Waals surface area (Å²) in [4.78, 5) is 3.77. The summed E-state index contributed by atoms with van der Waals surface area (Å²) in [6.45, 7) is 2.26. The van der Waals surface area contributed by atoms with E-state index in [1.807, 2.05) is 24.3 Å². The molecular formula is C20H26N2OS2. The van der Waals surface area contributed by atoms with E-state index in [1.54, 1.807) is 18.4 Å². The molecule has 1 heterocycles. The molecule has 0 spiro atoms. The summed E-state index contributed by atoms with van der Waals surface area (Å²) in [6.07, 6.45) is 6.34. The van der Waals surface area contributed by atoms with E-state index in [0.29, 0.717) is 6.04 Å². The zero-order valence-corrected chi connectivity index (χ0v) is 16.5. The SMILES string of the molecule is COc1ccccc1NC(=S)N(C1CCCCC1)[C@H](C)c1cccs1. The van der Waals surface area contributed by atoms with Crippen molar-refractivity contribution in [2.45, 2.75) is 51.1 Å². The van der Waals surface area contributed by atoms with Gasteiger partial charge in [-0.2, -0.15) is 0 Å². The van der Waals surface area contributed by atoms with Crippen LogP contribution in [-0.4, -0.2) is 23.2 Å². The summed E-state index contributed by atoms with van der Waals surface area (Å²) >= 11 is 7.66. The third-order valence-corrected chi connectivity index (χ3v) is 6.28. The number of thiocarbonyl (C=S) groups is 1. The maximum Gasteiger partial charge on any atom is 0.174 e. The highest BCUT2D eigenvalue weighted by molar-refractivity contribution is 7.80. The summed E-state index contributed by atoms with van der Waals surface area (Å²) in [5.74, 6) is 0.817. The third kappa shape index (κ3) is 4.33. The van der Waals surface area contributed by atoms with Crippen molar-refractivity contribution in [1.82, 2.24) is 4.90 Å². The largest absolute Gasteiger partial charge is 0.495 e. The van der Waals surface area contributed by atoms with E-state index in [9.17, 15) is 0 Å². The maximum atomic E-state index is 5.86. The van der Waals surface area contributed by atoms with Gasteiger partial charge in [0.15, 0.2) is 5.11 Å². The van der Waals surface area contributed by atoms with Crippen LogP contribution < -0.4 is 10.1 Å². The van der Waals surface area contributed by atoms with Gasteiger partial charge in [0, 0.05) is 10.9 Å². The minimum atomic E-state index is 0.276. The standard InChI is InChI=1S/C20H26N2OS2/c1-15(19-13-8-14-25-19)22(16-9-4-3-5-10-16)20(24)21-17-11-6-7-12-18(17)23-2/h6-8,11-16H,3-5,9-10H2,1-2H3,(H,21,24)/t15-/m1/s1. The van der Waals surface area contributed by atoms with E-state index in [2.05, 4.69) is 34.7 Å². The molecule has 5 heteroatoms. The predicted octanol–water partition coefficient (Wildman–Crippen LogP) is 5.85. The van der Waals surface area contributed by atoms with Gasteiger partial charge in [-0.1, -0.05) is 37.5 Å². The second-order valence-electron chi connectivity index (χ2n) is 6.52. The van der Waals surface area contributed by atoms with Gasteiger partial charge in [0.1, 0.15) is 5.75 Å². The molecule has 2 aromatic rings. The highest BCUT2D eigenvalue weighted by Crippen LogP contribution is 2.33. The molecule has 1 N–H and O–H groups in total. The maximum absolute atomic E-state index is 5.86. The van der Waals surface area contributed by atoms with E-state index < -0.39 is 0 Å². The number of nitrogens with one attached hydrogen (secondary N) is 1. The van der Waals surface area contributed by atoms with Gasteiger partial charge in [-0.15, -0.1) is 11.3 Å². The summed E-state index contributed by atoms with van der Waals surface area (Å²) < 4.78 is 5.47. The van der Waals surface area contributed by atoms with E-state index in [4.69, 9.17) is 17.0 Å². The second kappa shape index (κ2) is 8.68. The van der Waals surface area contributed by atoms with Gasteiger partial charge in [0.2, 0.25) is 0 Å². The molecular weight excluding hydrogens is 348 g/mol. The van der Waals surface area contributed by atoms with Crippen LogP contribution >= 0.6 is 23.6 Å². The van der Waals surface area contributed by atoms with Gasteiger partial charge < -0.3 is 15.0 Å². The number of para-hydroxylation sites is 2. The minimum Gasteiger partial charge on any atom is -0.495 e. The van der Waals surface area contributed by atoms with Crippen LogP contribution in [0.15, 0.2) is 41.8 Å². The number of ether oxygens (including phenoxy) is 1. The second-order valence-corrected chi connectivity index (χ2v) is 7.89. The van der Waals surface area contributed by atoms with Crippen LogP contribution in [0.2, 0.25) is 0 Å². The van der Waals surface area contributed by atoms with Crippen LogP contribution in [0.4, 0.5) is 5.69 Å². The van der Waals surface area contributed by atoms with Crippen LogP contribution in [0, 0.1) is 0 Å². The van der Waals surface area contributed by atoms with Crippen molar-refractivity contribution < 1.29 is 4.74 Å². The first-order chi connectivity index (χ1) is 12.2. The zero-order chi connectivity index (χ0) is 17.6. The highest BCUT2D eigenvalue weighted by atomic mass is 32.1. The molecule has 3 nitrogen and oxygen atoms in total. The Hall–Kier alpha value is -1.59. The molecule has 0 amide bonds. The van der Waals surface area contributed by atoms with Gasteiger partial charge >= 0.3 is 0 Å². The van der Waals surface area contributed by atoms with E-state index in [1.165, 1.54) is 37.0 Å². The molecule has 1 aromatic carbocycles. The average Bonchev–Trinajstić information content (AvgIpc) is 3.18. The lowest BCUT2D eigenvalue weighted by Crippen LogP contribution is -2.45. The molecule has 25 heavy (non-hydrogen) atoms. The monoisotopic (exact) mass is 374 g/mol. The molecule has 1 aliphatic carbocycles. The molecule has 0 saturated heterocycles. The summed E-state index contributed by atoms with van der Waals surface area (Å²) in [6, 6.07) is 13.0. The van der Waals surface area contributed by atoms with Gasteiger partial charge in [0.05, 0.1) is 18.8 Å². The fourth-order valence-corrected chi connectivity index (χ4v) is 4.81. The molecule has 1 atom stereocenters. The zero-order valence-electron chi connectivity index (χ0n) is 14.9. The fourth-order valence-electron chi connectivity index (χ4n) is 3.61. The molecule has 0 unspecified atom stereocenters. The summed E-state index contributed by atoms with van der Waals surface area (Å²) in [5.41, 5.74) is 0.925. The molecule has 3 rings (SSSR count). The van der Waals surface area contributed by atoms with Crippen molar-refractivity contribution in [2.75, 3.05) is 12.4 Å². The molecule has 0 aliphatic heterocycles. The number of hydrogen-bond donors (Lipinski definition) is 1. The lowest BCUT2D eigenvalue weighted by molar-refractivity contribution is 0.205. The minimum absolute atomic E-state index is 0.276. The first-order valence-electron chi connectivity index (χ1n) is 8.96. The number of hydrogen-bond acceptors (Lipinski definition) is 3. The van der Waals surface area contributed by atoms with Crippen molar-refractivity contribution in [3.05, 3.63) is 46.7 Å². The number of rotatable bonds is 5. The Bertz CT molecular complexity index is 681. The Morgan fingerprint density at radius 2 is 1.96 bits per heavy atom. The topological polar surface area (TPSA) is 24.5 Å². The molecule has 0 radical (unpaired) electrons. The van der Waals surface area contributed by atoms with Crippen LogP contribution in [0.25, 0.3) is 0 Å². The Morgan fingerprint density at radius 3 is 2.64 bits per heavy atom. The van der Waals surface area contributed by atoms with Crippen molar-refractivity contribution in [1.29, 1.82) is 0 Å². The Balaban J connectivity index is 1.83. The van der Waals surface area contributed by atoms with Crippen LogP contribution in [0.5, 0.6) is 5.75 Å². The molecule has 1 saturated carbocycles. The van der Waals surface area contributed by atoms with Gasteiger partial charge in [-0.05, 0) is 55.6 Å². The Morgan fingerprint density at radius 1 is 1.20 bits per heavy atom. The lowest BCUT2D eigenvalue weighted by atomic mass is 9.93. The van der Waals surface area contributed by atoms with Crippen molar-refractivity contribution in [3.8, 4) is 5.75 Å². The molecule has 1 fully saturated rings. The van der Waals surface area contributed by atoms with E-state index >= 15 is 0 Å². The first kappa shape index (κ1) is 18.2. The number of anilines is 1. The first-order valence-corrected chi connectivity index (χ1v) is 10.2. The Labute approximate surface area is 160 Å². The summed E-state index contributed by atoms with van der Waals surface area (Å²) in [7, 11) is 1.69. The number of benzene rings is 1. The number of methoxy groups -OCH3 is 1. The van der Waals surface area contributed by atoms with E-state index in [0.717, 1.165) is 16.5 Å². The fraction of sp³-hybridized carbons (Fsp3) is 0.450. The number of thiophene rings is 1. The van der Waals surface area contributed by atoms with Gasteiger partial charge in [0.25, 0.3) is 0 Å². The molecule has 134 valence electrons. The molecule has 0 bridgehead atoms. The third-order valence-electron chi connectivity index (χ3n) is 4.92. The quantitative estimate of drug-likeness (QED) is 0.664.